The van der Waals surface area contributed by atoms with Gasteiger partial charge in [0.25, 0.3) is 11.7 Å². The molecule has 1 N–H and O–H groups in total. The van der Waals surface area contributed by atoms with Crippen molar-refractivity contribution in [3.8, 4) is 17.2 Å². The van der Waals surface area contributed by atoms with E-state index in [9.17, 15) is 14.7 Å². The summed E-state index contributed by atoms with van der Waals surface area (Å²) in [6.07, 6.45) is 0. The van der Waals surface area contributed by atoms with Gasteiger partial charge in [0.2, 0.25) is 6.79 Å². The maximum absolute atomic E-state index is 13.3. The van der Waals surface area contributed by atoms with Crippen LogP contribution in [-0.4, -0.2) is 30.7 Å². The second-order valence-electron chi connectivity index (χ2n) is 7.55. The first kappa shape index (κ1) is 21.4. The molecule has 3 aromatic rings. The summed E-state index contributed by atoms with van der Waals surface area (Å²) in [5.74, 6) is -0.653. The number of anilines is 1. The van der Waals surface area contributed by atoms with Gasteiger partial charge in [0.1, 0.15) is 17.6 Å². The highest BCUT2D eigenvalue weighted by atomic mass is 35.5. The molecule has 33 heavy (non-hydrogen) atoms. The number of ether oxygens (including phenoxy) is 3. The summed E-state index contributed by atoms with van der Waals surface area (Å²) in [6, 6.07) is 11.2. The normalized spacial score (nSPS) is 18.8. The van der Waals surface area contributed by atoms with Crippen LogP contribution in [0.25, 0.3) is 5.76 Å². The summed E-state index contributed by atoms with van der Waals surface area (Å²) >= 11 is 7.70. The van der Waals surface area contributed by atoms with Crippen LogP contribution in [0.1, 0.15) is 22.0 Å². The maximum atomic E-state index is 13.3. The van der Waals surface area contributed by atoms with Crippen molar-refractivity contribution >= 4 is 46.1 Å². The van der Waals surface area contributed by atoms with Gasteiger partial charge in [-0.2, -0.15) is 0 Å². The third-order valence-electron chi connectivity index (χ3n) is 5.54. The minimum Gasteiger partial charge on any atom is -0.507 e. The van der Waals surface area contributed by atoms with Gasteiger partial charge >= 0.3 is 0 Å². The van der Waals surface area contributed by atoms with E-state index in [-0.39, 0.29) is 34.5 Å². The number of carbonyl (C=O) groups excluding carboxylic acids is 2. The molecule has 2 aliphatic rings. The first-order chi connectivity index (χ1) is 15.9. The Morgan fingerprint density at radius 2 is 1.97 bits per heavy atom. The van der Waals surface area contributed by atoms with Crippen molar-refractivity contribution in [1.29, 1.82) is 0 Å². The molecule has 1 saturated heterocycles. The molecule has 1 amide bonds. The van der Waals surface area contributed by atoms with Crippen molar-refractivity contribution in [1.82, 2.24) is 0 Å². The lowest BCUT2D eigenvalue weighted by molar-refractivity contribution is -0.132. The molecule has 2 aliphatic heterocycles. The lowest BCUT2D eigenvalue weighted by atomic mass is 9.98. The predicted octanol–water partition coefficient (Wildman–Crippen LogP) is 5.07. The smallest absolute Gasteiger partial charge is 0.300 e. The van der Waals surface area contributed by atoms with Crippen LogP contribution in [0.2, 0.25) is 5.02 Å². The van der Waals surface area contributed by atoms with Crippen molar-refractivity contribution < 1.29 is 28.9 Å². The van der Waals surface area contributed by atoms with Gasteiger partial charge in [0.05, 0.1) is 23.3 Å². The Labute approximate surface area is 198 Å². The Morgan fingerprint density at radius 3 is 2.70 bits per heavy atom. The standard InChI is InChI=1S/C24H18ClNO6S/c1-12-8-14(23(30-2)15(25)9-12)21(27)19-20(18-4-3-7-33-18)26(24(29)22(19)28)13-5-6-16-17(10-13)32-11-31-16/h3-10,20,27H,11H2,1-2H3/b21-19-. The van der Waals surface area contributed by atoms with Crippen molar-refractivity contribution in [2.75, 3.05) is 18.8 Å². The molecule has 1 aromatic heterocycles. The fourth-order valence-corrected chi connectivity index (χ4v) is 5.28. The number of ketones is 1. The lowest BCUT2D eigenvalue weighted by Gasteiger charge is -2.24. The average Bonchev–Trinajstić information content (AvgIpc) is 3.53. The SMILES string of the molecule is COc1c(Cl)cc(C)cc1/C(O)=C1/C(=O)C(=O)N(c2ccc3c(c2)OCO3)C1c1cccs1. The van der Waals surface area contributed by atoms with Gasteiger partial charge in [-0.1, -0.05) is 17.7 Å². The van der Waals surface area contributed by atoms with E-state index in [1.165, 1.54) is 23.3 Å². The van der Waals surface area contributed by atoms with E-state index in [0.29, 0.717) is 22.1 Å². The van der Waals surface area contributed by atoms with Gasteiger partial charge in [-0.15, -0.1) is 11.3 Å². The molecule has 3 heterocycles. The van der Waals surface area contributed by atoms with E-state index in [4.69, 9.17) is 25.8 Å². The van der Waals surface area contributed by atoms with E-state index in [1.807, 2.05) is 24.4 Å². The van der Waals surface area contributed by atoms with Crippen molar-refractivity contribution in [2.45, 2.75) is 13.0 Å². The summed E-state index contributed by atoms with van der Waals surface area (Å²) in [6.45, 7) is 1.89. The van der Waals surface area contributed by atoms with Gasteiger partial charge in [0.15, 0.2) is 11.5 Å². The Hall–Kier alpha value is -3.49. The van der Waals surface area contributed by atoms with E-state index in [2.05, 4.69) is 0 Å². The van der Waals surface area contributed by atoms with Crippen LogP contribution in [0.3, 0.4) is 0 Å². The monoisotopic (exact) mass is 483 g/mol. The highest BCUT2D eigenvalue weighted by Gasteiger charge is 2.48. The quantitative estimate of drug-likeness (QED) is 0.316. The maximum Gasteiger partial charge on any atom is 0.300 e. The van der Waals surface area contributed by atoms with E-state index in [1.54, 1.807) is 30.3 Å². The van der Waals surface area contributed by atoms with Crippen LogP contribution in [0.5, 0.6) is 17.2 Å². The first-order valence-electron chi connectivity index (χ1n) is 9.99. The molecule has 1 unspecified atom stereocenters. The number of hydrogen-bond donors (Lipinski definition) is 1. The van der Waals surface area contributed by atoms with Crippen LogP contribution in [0.15, 0.2) is 53.4 Å². The molecular weight excluding hydrogens is 466 g/mol. The number of fused-ring (bicyclic) bond motifs is 1. The van der Waals surface area contributed by atoms with Crippen LogP contribution >= 0.6 is 22.9 Å². The number of halogens is 1. The Balaban J connectivity index is 1.73. The molecule has 0 spiro atoms. The molecule has 0 aliphatic carbocycles. The molecule has 7 nitrogen and oxygen atoms in total. The van der Waals surface area contributed by atoms with Crippen molar-refractivity contribution in [3.05, 3.63) is 74.4 Å². The predicted molar refractivity (Wildman–Crippen MR) is 124 cm³/mol. The number of benzene rings is 2. The number of thiophene rings is 1. The Kier molecular flexibility index (Phi) is 5.26. The average molecular weight is 484 g/mol. The fraction of sp³-hybridized carbons (Fsp3) is 0.167. The number of hydrogen-bond acceptors (Lipinski definition) is 7. The number of methoxy groups -OCH3 is 1. The van der Waals surface area contributed by atoms with Gasteiger partial charge < -0.3 is 19.3 Å². The third kappa shape index (κ3) is 3.42. The van der Waals surface area contributed by atoms with Gasteiger partial charge in [0, 0.05) is 16.6 Å². The highest BCUT2D eigenvalue weighted by Crippen LogP contribution is 2.47. The number of nitrogens with zero attached hydrogens (tertiary/aromatic N) is 1. The minimum atomic E-state index is -0.839. The van der Waals surface area contributed by atoms with Gasteiger partial charge in [-0.05, 0) is 48.2 Å². The van der Waals surface area contributed by atoms with Gasteiger partial charge in [-0.25, -0.2) is 0 Å². The van der Waals surface area contributed by atoms with Crippen molar-refractivity contribution in [2.24, 2.45) is 0 Å². The molecule has 0 bridgehead atoms. The molecule has 9 heteroatoms. The van der Waals surface area contributed by atoms with E-state index < -0.39 is 17.7 Å². The molecule has 1 atom stereocenters. The van der Waals surface area contributed by atoms with Crippen LogP contribution in [-0.2, 0) is 9.59 Å². The molecule has 168 valence electrons. The Morgan fingerprint density at radius 1 is 1.18 bits per heavy atom. The zero-order valence-corrected chi connectivity index (χ0v) is 19.2. The van der Waals surface area contributed by atoms with E-state index in [0.717, 1.165) is 5.56 Å². The van der Waals surface area contributed by atoms with Crippen LogP contribution in [0.4, 0.5) is 5.69 Å². The minimum absolute atomic E-state index is 0.0416. The molecule has 5 rings (SSSR count). The van der Waals surface area contributed by atoms with Crippen molar-refractivity contribution in [3.63, 3.8) is 0 Å². The second-order valence-corrected chi connectivity index (χ2v) is 8.94. The summed E-state index contributed by atoms with van der Waals surface area (Å²) in [5.41, 5.74) is 1.42. The molecule has 1 fully saturated rings. The lowest BCUT2D eigenvalue weighted by Crippen LogP contribution is -2.29. The number of Topliss-reactive ketones (excluding diaryl/α,β-unsaturated/α-hetero) is 1. The summed E-state index contributed by atoms with van der Waals surface area (Å²) < 4.78 is 16.2. The topological polar surface area (TPSA) is 85.3 Å². The molecule has 0 radical (unpaired) electrons. The third-order valence-corrected chi connectivity index (χ3v) is 6.74. The summed E-state index contributed by atoms with van der Waals surface area (Å²) in [4.78, 5) is 28.6. The highest BCUT2D eigenvalue weighted by molar-refractivity contribution is 7.10. The fourth-order valence-electron chi connectivity index (χ4n) is 4.11. The number of amides is 1. The molecule has 2 aromatic carbocycles. The number of rotatable bonds is 4. The zero-order chi connectivity index (χ0) is 23.3. The Bertz CT molecular complexity index is 1320. The summed E-state index contributed by atoms with van der Waals surface area (Å²) in [5, 5.41) is 13.5. The second kappa shape index (κ2) is 8.13. The largest absolute Gasteiger partial charge is 0.507 e. The number of aliphatic hydroxyl groups excluding tert-OH is 1. The van der Waals surface area contributed by atoms with Crippen LogP contribution in [0, 0.1) is 6.92 Å². The van der Waals surface area contributed by atoms with Gasteiger partial charge in [-0.3, -0.25) is 14.5 Å². The van der Waals surface area contributed by atoms with Crippen LogP contribution < -0.4 is 19.1 Å². The zero-order valence-electron chi connectivity index (χ0n) is 17.6. The number of aliphatic hydroxyl groups is 1. The number of aryl methyl sites for hydroxylation is 1. The summed E-state index contributed by atoms with van der Waals surface area (Å²) in [7, 11) is 1.43. The number of carbonyl (C=O) groups is 2. The molecular formula is C24H18ClNO6S. The molecule has 0 saturated carbocycles. The first-order valence-corrected chi connectivity index (χ1v) is 11.2. The van der Waals surface area contributed by atoms with E-state index >= 15 is 0 Å².